The van der Waals surface area contributed by atoms with Crippen LogP contribution in [0.5, 0.6) is 0 Å². The standard InChI is InChI=1S/C33H54N5O4PS2/c1-3-4-5-6-7-8-9-10-11-12-13-14-15-18-21-44-45-24-30-20-17-16-19-29(30)23-42-43(39,40)27-41-28(2)22-38-26-37-31-32(34)35-25-36-33(31)38/h16-17,19-20,25-26,28H,3-15,18,21-24,27H2,1-2H3,(H,39,40)(H2,34,35,36). The molecule has 2 atom stereocenters. The third-order valence-corrected chi connectivity index (χ3v) is 11.2. The van der Waals surface area contributed by atoms with Gasteiger partial charge in [-0.25, -0.2) is 15.0 Å². The number of hydrogen-bond donors (Lipinski definition) is 2. The van der Waals surface area contributed by atoms with E-state index in [0.717, 1.165) is 22.6 Å². The van der Waals surface area contributed by atoms with Crippen LogP contribution in [0.2, 0.25) is 0 Å². The molecule has 0 spiro atoms. The Morgan fingerprint density at radius 1 is 0.889 bits per heavy atom. The minimum Gasteiger partial charge on any atom is -0.382 e. The van der Waals surface area contributed by atoms with Crippen molar-refractivity contribution in [3.63, 3.8) is 0 Å². The van der Waals surface area contributed by atoms with Gasteiger partial charge in [-0.3, -0.25) is 4.57 Å². The lowest BCUT2D eigenvalue weighted by molar-refractivity contribution is 0.0708. The van der Waals surface area contributed by atoms with Gasteiger partial charge >= 0.3 is 7.60 Å². The quantitative estimate of drug-likeness (QED) is 0.0481. The van der Waals surface area contributed by atoms with E-state index in [1.807, 2.05) is 46.7 Å². The predicted molar refractivity (Wildman–Crippen MR) is 190 cm³/mol. The number of benzene rings is 1. The second-order valence-electron chi connectivity index (χ2n) is 11.8. The minimum atomic E-state index is -3.95. The number of hydrogen-bond acceptors (Lipinski definition) is 9. The van der Waals surface area contributed by atoms with Gasteiger partial charge in [0.1, 0.15) is 18.2 Å². The van der Waals surface area contributed by atoms with E-state index in [2.05, 4.69) is 27.9 Å². The number of aromatic nitrogens is 4. The lowest BCUT2D eigenvalue weighted by Gasteiger charge is -2.18. The highest BCUT2D eigenvalue weighted by Crippen LogP contribution is 2.43. The van der Waals surface area contributed by atoms with Gasteiger partial charge in [0.2, 0.25) is 0 Å². The van der Waals surface area contributed by atoms with E-state index in [1.54, 1.807) is 10.9 Å². The molecule has 0 aliphatic heterocycles. The lowest BCUT2D eigenvalue weighted by atomic mass is 10.0. The monoisotopic (exact) mass is 679 g/mol. The normalized spacial score (nSPS) is 13.8. The van der Waals surface area contributed by atoms with Crippen molar-refractivity contribution in [1.29, 1.82) is 0 Å². The summed E-state index contributed by atoms with van der Waals surface area (Å²) >= 11 is 0. The summed E-state index contributed by atoms with van der Waals surface area (Å²) in [7, 11) is -0.201. The molecule has 45 heavy (non-hydrogen) atoms. The van der Waals surface area contributed by atoms with Gasteiger partial charge in [0.25, 0.3) is 0 Å². The molecular weight excluding hydrogens is 626 g/mol. The Bertz CT molecular complexity index is 1280. The fraction of sp³-hybridized carbons (Fsp3) is 0.667. The van der Waals surface area contributed by atoms with Gasteiger partial charge in [-0.2, -0.15) is 0 Å². The molecule has 3 N–H and O–H groups in total. The molecule has 12 heteroatoms. The molecule has 252 valence electrons. The number of nitrogens with zero attached hydrogens (tertiary/aromatic N) is 4. The number of ether oxygens (including phenoxy) is 1. The summed E-state index contributed by atoms with van der Waals surface area (Å²) in [5, 5.41) is 0. The average molecular weight is 680 g/mol. The van der Waals surface area contributed by atoms with Crippen molar-refractivity contribution in [1.82, 2.24) is 19.5 Å². The molecule has 0 saturated heterocycles. The molecule has 0 amide bonds. The molecule has 3 rings (SSSR count). The first kappa shape index (κ1) is 37.8. The molecular formula is C33H54N5O4PS2. The van der Waals surface area contributed by atoms with Crippen LogP contribution in [-0.2, 0) is 32.7 Å². The molecule has 0 fully saturated rings. The molecule has 0 radical (unpaired) electrons. The first-order chi connectivity index (χ1) is 21.9. The molecule has 9 nitrogen and oxygen atoms in total. The van der Waals surface area contributed by atoms with Gasteiger partial charge in [-0.1, -0.05) is 136 Å². The Hall–Kier alpha value is -1.62. The first-order valence-corrected chi connectivity index (χ1v) is 20.9. The zero-order valence-corrected chi connectivity index (χ0v) is 29.8. The molecule has 0 saturated carbocycles. The molecule has 0 aliphatic carbocycles. The van der Waals surface area contributed by atoms with Crippen LogP contribution in [0, 0.1) is 0 Å². The van der Waals surface area contributed by atoms with Gasteiger partial charge < -0.3 is 24.5 Å². The van der Waals surface area contributed by atoms with E-state index in [0.29, 0.717) is 23.5 Å². The molecule has 2 aromatic heterocycles. The van der Waals surface area contributed by atoms with Crippen molar-refractivity contribution in [3.05, 3.63) is 48.0 Å². The van der Waals surface area contributed by atoms with Crippen molar-refractivity contribution in [2.75, 3.05) is 17.8 Å². The van der Waals surface area contributed by atoms with Gasteiger partial charge in [0.05, 0.1) is 25.6 Å². The second-order valence-corrected chi connectivity index (χ2v) is 16.2. The molecule has 0 aliphatic rings. The summed E-state index contributed by atoms with van der Waals surface area (Å²) in [5.74, 6) is 2.29. The fourth-order valence-electron chi connectivity index (χ4n) is 5.15. The van der Waals surface area contributed by atoms with Crippen molar-refractivity contribution < 1.29 is 18.7 Å². The average Bonchev–Trinajstić information content (AvgIpc) is 3.45. The number of anilines is 1. The lowest BCUT2D eigenvalue weighted by Crippen LogP contribution is -2.17. The van der Waals surface area contributed by atoms with Gasteiger partial charge in [-0.05, 0) is 24.5 Å². The number of nitrogens with two attached hydrogens (primary N) is 1. The number of rotatable bonds is 26. The maximum Gasteiger partial charge on any atom is 0.353 e. The maximum absolute atomic E-state index is 12.7. The molecule has 1 aromatic carbocycles. The van der Waals surface area contributed by atoms with Crippen LogP contribution < -0.4 is 5.73 Å². The summed E-state index contributed by atoms with van der Waals surface area (Å²) in [6.07, 6.45) is 21.5. The molecule has 2 unspecified atom stereocenters. The van der Waals surface area contributed by atoms with E-state index < -0.39 is 13.9 Å². The van der Waals surface area contributed by atoms with Crippen molar-refractivity contribution in [2.24, 2.45) is 0 Å². The van der Waals surface area contributed by atoms with Gasteiger partial charge in [-0.15, -0.1) is 0 Å². The van der Waals surface area contributed by atoms with Gasteiger partial charge in [0.15, 0.2) is 11.5 Å². The summed E-state index contributed by atoms with van der Waals surface area (Å²) in [6, 6.07) is 7.95. The second kappa shape index (κ2) is 22.0. The number of imidazole rings is 1. The Kier molecular flexibility index (Phi) is 18.5. The molecule has 3 aromatic rings. The fourth-order valence-corrected chi connectivity index (χ4v) is 8.28. The van der Waals surface area contributed by atoms with Crippen LogP contribution >= 0.6 is 29.2 Å². The minimum absolute atomic E-state index is 0.0637. The number of unbranched alkanes of at least 4 members (excludes halogenated alkanes) is 13. The zero-order valence-electron chi connectivity index (χ0n) is 27.3. The van der Waals surface area contributed by atoms with Crippen LogP contribution in [0.25, 0.3) is 11.2 Å². The summed E-state index contributed by atoms with van der Waals surface area (Å²) in [4.78, 5) is 22.8. The zero-order chi connectivity index (χ0) is 32.2. The highest BCUT2D eigenvalue weighted by Gasteiger charge is 2.22. The van der Waals surface area contributed by atoms with Crippen LogP contribution in [0.15, 0.2) is 36.9 Å². The topological polar surface area (TPSA) is 125 Å². The van der Waals surface area contributed by atoms with E-state index in [9.17, 15) is 9.46 Å². The van der Waals surface area contributed by atoms with E-state index >= 15 is 0 Å². The Balaban J connectivity index is 1.23. The first-order valence-electron chi connectivity index (χ1n) is 16.7. The van der Waals surface area contributed by atoms with E-state index in [-0.39, 0.29) is 12.7 Å². The Morgan fingerprint density at radius 2 is 1.51 bits per heavy atom. The Labute approximate surface area is 278 Å². The summed E-state index contributed by atoms with van der Waals surface area (Å²) in [5.41, 5.74) is 9.01. The largest absolute Gasteiger partial charge is 0.382 e. The van der Waals surface area contributed by atoms with Crippen LogP contribution in [0.4, 0.5) is 5.82 Å². The third-order valence-electron chi connectivity index (χ3n) is 7.82. The van der Waals surface area contributed by atoms with Crippen molar-refractivity contribution in [3.8, 4) is 0 Å². The Morgan fingerprint density at radius 3 is 2.18 bits per heavy atom. The smallest absolute Gasteiger partial charge is 0.353 e. The predicted octanol–water partition coefficient (Wildman–Crippen LogP) is 9.54. The molecule has 0 bridgehead atoms. The summed E-state index contributed by atoms with van der Waals surface area (Å²) in [6.45, 7) is 4.55. The van der Waals surface area contributed by atoms with E-state index in [4.69, 9.17) is 15.0 Å². The highest BCUT2D eigenvalue weighted by atomic mass is 33.1. The van der Waals surface area contributed by atoms with Crippen molar-refractivity contribution >= 4 is 46.2 Å². The van der Waals surface area contributed by atoms with Crippen molar-refractivity contribution in [2.45, 2.75) is 129 Å². The van der Waals surface area contributed by atoms with Crippen LogP contribution in [0.1, 0.15) is 115 Å². The third kappa shape index (κ3) is 15.2. The SMILES string of the molecule is CCCCCCCCCCCCCCCCSSCc1ccccc1COP(=O)(O)COC(C)Cn1cnc2c(N)ncnc21. The van der Waals surface area contributed by atoms with E-state index in [1.165, 1.54) is 96.2 Å². The van der Waals surface area contributed by atoms with Gasteiger partial charge in [0, 0.05) is 11.5 Å². The highest BCUT2D eigenvalue weighted by molar-refractivity contribution is 8.76. The molecule has 2 heterocycles. The van der Waals surface area contributed by atoms with Crippen LogP contribution in [0.3, 0.4) is 0 Å². The number of fused-ring (bicyclic) bond motifs is 1. The number of nitrogen functional groups attached to an aromatic ring is 1. The van der Waals surface area contributed by atoms with Crippen LogP contribution in [-0.4, -0.2) is 42.6 Å². The maximum atomic E-state index is 12.7. The summed E-state index contributed by atoms with van der Waals surface area (Å²) < 4.78 is 25.7.